The predicted molar refractivity (Wildman–Crippen MR) is 53.7 cm³/mol. The zero-order valence-corrected chi connectivity index (χ0v) is 8.23. The molecule has 0 aliphatic rings. The largest absolute Gasteiger partial charge is 0.494 e. The van der Waals surface area contributed by atoms with Crippen LogP contribution in [-0.2, 0) is 0 Å². The summed E-state index contributed by atoms with van der Waals surface area (Å²) in [6.07, 6.45) is 0.654. The summed E-state index contributed by atoms with van der Waals surface area (Å²) in [6, 6.07) is 3.30. The molecule has 0 aliphatic carbocycles. The monoisotopic (exact) mass is 210 g/mol. The number of hydrogen-bond donors (Lipinski definition) is 0. The Bertz CT molecular complexity index is 490. The van der Waals surface area contributed by atoms with Crippen LogP contribution in [0.15, 0.2) is 17.5 Å². The molecule has 0 N–H and O–H groups in total. The molecule has 1 aromatic carbocycles. The van der Waals surface area contributed by atoms with Gasteiger partial charge in [0.05, 0.1) is 7.11 Å². The van der Waals surface area contributed by atoms with Crippen LogP contribution in [-0.4, -0.2) is 13.4 Å². The lowest BCUT2D eigenvalue weighted by molar-refractivity contribution is 0.112. The molecule has 0 bridgehead atoms. The van der Waals surface area contributed by atoms with Gasteiger partial charge in [0.2, 0.25) is 0 Å². The minimum atomic E-state index is -0.464. The standard InChI is InChI=1S/C10H7FO2S/c1-13-7-2-3-8-9(10(7)11)6(4-12)5-14-8/h2-5H,1H3. The van der Waals surface area contributed by atoms with Gasteiger partial charge >= 0.3 is 0 Å². The van der Waals surface area contributed by atoms with Crippen LogP contribution in [0.25, 0.3) is 10.1 Å². The van der Waals surface area contributed by atoms with Gasteiger partial charge in [-0.15, -0.1) is 11.3 Å². The van der Waals surface area contributed by atoms with Crippen molar-refractivity contribution in [2.45, 2.75) is 0 Å². The third-order valence-corrected chi connectivity index (χ3v) is 2.98. The smallest absolute Gasteiger partial charge is 0.174 e. The first-order valence-electron chi connectivity index (χ1n) is 3.96. The van der Waals surface area contributed by atoms with Crippen molar-refractivity contribution in [3.8, 4) is 5.75 Å². The van der Waals surface area contributed by atoms with Crippen molar-refractivity contribution in [3.05, 3.63) is 28.9 Å². The van der Waals surface area contributed by atoms with Crippen molar-refractivity contribution in [2.75, 3.05) is 7.11 Å². The summed E-state index contributed by atoms with van der Waals surface area (Å²) in [5.41, 5.74) is 0.376. The highest BCUT2D eigenvalue weighted by molar-refractivity contribution is 7.17. The molecule has 2 aromatic rings. The lowest BCUT2D eigenvalue weighted by Gasteiger charge is -2.02. The molecule has 0 aliphatic heterocycles. The fraction of sp³-hybridized carbons (Fsp3) is 0.100. The number of rotatable bonds is 2. The summed E-state index contributed by atoms with van der Waals surface area (Å²) >= 11 is 1.35. The molecule has 1 heterocycles. The molecule has 72 valence electrons. The second-order valence-electron chi connectivity index (χ2n) is 2.76. The Morgan fingerprint density at radius 2 is 2.29 bits per heavy atom. The Morgan fingerprint density at radius 3 is 2.93 bits per heavy atom. The van der Waals surface area contributed by atoms with Gasteiger partial charge in [-0.25, -0.2) is 4.39 Å². The normalized spacial score (nSPS) is 10.4. The first-order valence-corrected chi connectivity index (χ1v) is 4.84. The van der Waals surface area contributed by atoms with E-state index in [2.05, 4.69) is 0 Å². The summed E-state index contributed by atoms with van der Waals surface area (Å²) in [7, 11) is 1.40. The predicted octanol–water partition coefficient (Wildman–Crippen LogP) is 2.86. The van der Waals surface area contributed by atoms with E-state index in [1.807, 2.05) is 0 Å². The summed E-state index contributed by atoms with van der Waals surface area (Å²) in [5, 5.41) is 1.99. The number of ether oxygens (including phenoxy) is 1. The summed E-state index contributed by atoms with van der Waals surface area (Å²) in [4.78, 5) is 10.6. The van der Waals surface area contributed by atoms with Crippen LogP contribution in [0.1, 0.15) is 10.4 Å². The Kier molecular flexibility index (Phi) is 2.21. The second kappa shape index (κ2) is 3.38. The number of hydrogen-bond acceptors (Lipinski definition) is 3. The number of methoxy groups -OCH3 is 1. The Hall–Kier alpha value is -1.42. The highest BCUT2D eigenvalue weighted by Gasteiger charge is 2.12. The number of aldehydes is 1. The minimum Gasteiger partial charge on any atom is -0.494 e. The Labute approximate surface area is 83.9 Å². The van der Waals surface area contributed by atoms with E-state index < -0.39 is 5.82 Å². The Balaban J connectivity index is 2.83. The maximum atomic E-state index is 13.7. The lowest BCUT2D eigenvalue weighted by Crippen LogP contribution is -1.89. The summed E-state index contributed by atoms with van der Waals surface area (Å²) in [6.45, 7) is 0. The van der Waals surface area contributed by atoms with Gasteiger partial charge < -0.3 is 4.74 Å². The van der Waals surface area contributed by atoms with E-state index in [1.165, 1.54) is 18.4 Å². The van der Waals surface area contributed by atoms with E-state index in [0.29, 0.717) is 17.2 Å². The van der Waals surface area contributed by atoms with Gasteiger partial charge in [0, 0.05) is 21.0 Å². The third kappa shape index (κ3) is 1.19. The highest BCUT2D eigenvalue weighted by Crippen LogP contribution is 2.32. The molecule has 1 aromatic heterocycles. The van der Waals surface area contributed by atoms with Gasteiger partial charge in [0.15, 0.2) is 17.9 Å². The van der Waals surface area contributed by atoms with E-state index in [-0.39, 0.29) is 5.75 Å². The molecular formula is C10H7FO2S. The summed E-state index contributed by atoms with van der Waals surface area (Å²) in [5.74, 6) is -0.299. The van der Waals surface area contributed by atoms with Crippen LogP contribution in [0, 0.1) is 5.82 Å². The summed E-state index contributed by atoms with van der Waals surface area (Å²) < 4.78 is 19.3. The number of thiophene rings is 1. The third-order valence-electron chi connectivity index (χ3n) is 2.02. The molecular weight excluding hydrogens is 203 g/mol. The molecule has 0 atom stereocenters. The van der Waals surface area contributed by atoms with E-state index >= 15 is 0 Å². The topological polar surface area (TPSA) is 26.3 Å². The molecule has 14 heavy (non-hydrogen) atoms. The van der Waals surface area contributed by atoms with Gasteiger partial charge in [-0.2, -0.15) is 0 Å². The zero-order valence-electron chi connectivity index (χ0n) is 7.41. The molecule has 4 heteroatoms. The van der Waals surface area contributed by atoms with Crippen LogP contribution < -0.4 is 4.74 Å². The van der Waals surface area contributed by atoms with Crippen molar-refractivity contribution < 1.29 is 13.9 Å². The van der Waals surface area contributed by atoms with E-state index in [0.717, 1.165) is 4.70 Å². The quantitative estimate of drug-likeness (QED) is 0.712. The number of benzene rings is 1. The van der Waals surface area contributed by atoms with Crippen molar-refractivity contribution >= 4 is 27.7 Å². The van der Waals surface area contributed by atoms with E-state index in [9.17, 15) is 9.18 Å². The molecule has 0 spiro atoms. The fourth-order valence-corrected chi connectivity index (χ4v) is 2.24. The van der Waals surface area contributed by atoms with Crippen LogP contribution in [0.3, 0.4) is 0 Å². The molecule has 0 radical (unpaired) electrons. The molecule has 0 amide bonds. The Morgan fingerprint density at radius 1 is 1.50 bits per heavy atom. The van der Waals surface area contributed by atoms with Crippen LogP contribution in [0.4, 0.5) is 4.39 Å². The lowest BCUT2D eigenvalue weighted by atomic mass is 10.2. The average Bonchev–Trinajstić information content (AvgIpc) is 2.62. The van der Waals surface area contributed by atoms with Crippen molar-refractivity contribution in [1.29, 1.82) is 0 Å². The molecule has 0 unspecified atom stereocenters. The minimum absolute atomic E-state index is 0.166. The number of halogens is 1. The molecule has 2 rings (SSSR count). The zero-order chi connectivity index (χ0) is 10.1. The SMILES string of the molecule is COc1ccc2scc(C=O)c2c1F. The first-order chi connectivity index (χ1) is 6.77. The number of fused-ring (bicyclic) bond motifs is 1. The van der Waals surface area contributed by atoms with E-state index in [1.54, 1.807) is 17.5 Å². The van der Waals surface area contributed by atoms with Gasteiger partial charge in [-0.3, -0.25) is 4.79 Å². The average molecular weight is 210 g/mol. The highest BCUT2D eigenvalue weighted by atomic mass is 32.1. The molecule has 0 saturated heterocycles. The van der Waals surface area contributed by atoms with Gasteiger partial charge in [0.25, 0.3) is 0 Å². The van der Waals surface area contributed by atoms with Gasteiger partial charge in [-0.1, -0.05) is 0 Å². The fourth-order valence-electron chi connectivity index (χ4n) is 1.34. The van der Waals surface area contributed by atoms with Crippen LogP contribution in [0.5, 0.6) is 5.75 Å². The molecule has 0 saturated carbocycles. The van der Waals surface area contributed by atoms with Crippen molar-refractivity contribution in [3.63, 3.8) is 0 Å². The second-order valence-corrected chi connectivity index (χ2v) is 3.68. The number of carbonyl (C=O) groups is 1. The van der Waals surface area contributed by atoms with Crippen LogP contribution >= 0.6 is 11.3 Å². The number of carbonyl (C=O) groups excluding carboxylic acids is 1. The first kappa shape index (κ1) is 9.15. The van der Waals surface area contributed by atoms with Gasteiger partial charge in [-0.05, 0) is 12.1 Å². The van der Waals surface area contributed by atoms with Crippen LogP contribution in [0.2, 0.25) is 0 Å². The van der Waals surface area contributed by atoms with Crippen molar-refractivity contribution in [1.82, 2.24) is 0 Å². The maximum absolute atomic E-state index is 13.7. The molecule has 2 nitrogen and oxygen atoms in total. The van der Waals surface area contributed by atoms with Crippen molar-refractivity contribution in [2.24, 2.45) is 0 Å². The molecule has 0 fully saturated rings. The van der Waals surface area contributed by atoms with E-state index in [4.69, 9.17) is 4.74 Å². The van der Waals surface area contributed by atoms with Gasteiger partial charge in [0.1, 0.15) is 0 Å². The maximum Gasteiger partial charge on any atom is 0.174 e.